The molecule has 3 N–H and O–H groups in total. The second-order valence-corrected chi connectivity index (χ2v) is 4.33. The predicted octanol–water partition coefficient (Wildman–Crippen LogP) is 0.424. The molecule has 2 aromatic rings. The molecule has 1 aromatic heterocycles. The molecule has 0 aliphatic carbocycles. The maximum absolute atomic E-state index is 12.1. The molecule has 0 aliphatic heterocycles. The number of amides is 1. The summed E-state index contributed by atoms with van der Waals surface area (Å²) in [6.45, 7) is 1.79. The van der Waals surface area contributed by atoms with Crippen LogP contribution >= 0.6 is 0 Å². The van der Waals surface area contributed by atoms with Crippen LogP contribution in [-0.4, -0.2) is 33.9 Å². The molecule has 2 rings (SSSR count). The minimum Gasteiger partial charge on any atom is -0.396 e. The van der Waals surface area contributed by atoms with Gasteiger partial charge in [-0.25, -0.2) is 5.10 Å². The maximum atomic E-state index is 12.1. The van der Waals surface area contributed by atoms with Crippen molar-refractivity contribution in [2.75, 3.05) is 6.61 Å². The molecule has 0 fully saturated rings. The third-order valence-electron chi connectivity index (χ3n) is 2.85. The Morgan fingerprint density at radius 1 is 1.42 bits per heavy atom. The fourth-order valence-corrected chi connectivity index (χ4v) is 1.85. The molecule has 6 heteroatoms. The van der Waals surface area contributed by atoms with Crippen LogP contribution < -0.4 is 10.9 Å². The number of fused-ring (bicyclic) bond motifs is 1. The SMILES string of the molecule is CC(CCO)NC(=O)c1n[nH]c(=O)c2ccccc12. The summed E-state index contributed by atoms with van der Waals surface area (Å²) >= 11 is 0. The second-order valence-electron chi connectivity index (χ2n) is 4.33. The van der Waals surface area contributed by atoms with Gasteiger partial charge in [0.15, 0.2) is 5.69 Å². The van der Waals surface area contributed by atoms with Crippen LogP contribution in [0.2, 0.25) is 0 Å². The van der Waals surface area contributed by atoms with E-state index in [1.165, 1.54) is 0 Å². The number of nitrogens with one attached hydrogen (secondary N) is 2. The van der Waals surface area contributed by atoms with Gasteiger partial charge in [-0.05, 0) is 19.4 Å². The first-order valence-corrected chi connectivity index (χ1v) is 6.02. The molecule has 0 aliphatic rings. The molecule has 0 radical (unpaired) electrons. The molecule has 6 nitrogen and oxygen atoms in total. The first-order valence-electron chi connectivity index (χ1n) is 6.02. The van der Waals surface area contributed by atoms with Crippen LogP contribution in [-0.2, 0) is 0 Å². The lowest BCUT2D eigenvalue weighted by atomic mass is 10.1. The fourth-order valence-electron chi connectivity index (χ4n) is 1.85. The topological polar surface area (TPSA) is 95.1 Å². The molecule has 0 spiro atoms. The van der Waals surface area contributed by atoms with Gasteiger partial charge in [-0.2, -0.15) is 5.10 Å². The van der Waals surface area contributed by atoms with Crippen LogP contribution in [0.25, 0.3) is 10.8 Å². The molecule has 1 heterocycles. The van der Waals surface area contributed by atoms with E-state index in [4.69, 9.17) is 5.11 Å². The van der Waals surface area contributed by atoms with E-state index in [0.29, 0.717) is 17.2 Å². The molecule has 1 unspecified atom stereocenters. The number of carbonyl (C=O) groups is 1. The van der Waals surface area contributed by atoms with Gasteiger partial charge in [0, 0.05) is 18.0 Å². The van der Waals surface area contributed by atoms with Gasteiger partial charge in [-0.1, -0.05) is 18.2 Å². The van der Waals surface area contributed by atoms with Crippen molar-refractivity contribution in [3.63, 3.8) is 0 Å². The summed E-state index contributed by atoms with van der Waals surface area (Å²) in [6.07, 6.45) is 0.465. The minimum absolute atomic E-state index is 0.00124. The lowest BCUT2D eigenvalue weighted by Gasteiger charge is -2.12. The third kappa shape index (κ3) is 2.79. The van der Waals surface area contributed by atoms with Crippen LogP contribution in [0.4, 0.5) is 0 Å². The van der Waals surface area contributed by atoms with Gasteiger partial charge in [-0.15, -0.1) is 0 Å². The Balaban J connectivity index is 2.38. The monoisotopic (exact) mass is 261 g/mol. The molecule has 0 saturated heterocycles. The number of aliphatic hydroxyl groups excluding tert-OH is 1. The summed E-state index contributed by atoms with van der Waals surface area (Å²) in [5, 5.41) is 18.6. The van der Waals surface area contributed by atoms with E-state index < -0.39 is 0 Å². The van der Waals surface area contributed by atoms with Gasteiger partial charge in [0.2, 0.25) is 0 Å². The number of hydrogen-bond acceptors (Lipinski definition) is 4. The number of aliphatic hydroxyl groups is 1. The lowest BCUT2D eigenvalue weighted by molar-refractivity contribution is 0.0930. The first-order chi connectivity index (χ1) is 9.13. The Kier molecular flexibility index (Phi) is 3.91. The van der Waals surface area contributed by atoms with E-state index in [1.807, 2.05) is 0 Å². The van der Waals surface area contributed by atoms with Gasteiger partial charge >= 0.3 is 0 Å². The minimum atomic E-state index is -0.367. The van der Waals surface area contributed by atoms with Crippen molar-refractivity contribution in [1.29, 1.82) is 0 Å². The number of nitrogens with zero attached hydrogens (tertiary/aromatic N) is 1. The number of aromatic nitrogens is 2. The molecule has 0 saturated carbocycles. The summed E-state index contributed by atoms with van der Waals surface area (Å²) in [5.74, 6) is -0.367. The fraction of sp³-hybridized carbons (Fsp3) is 0.308. The highest BCUT2D eigenvalue weighted by Crippen LogP contribution is 2.12. The van der Waals surface area contributed by atoms with Crippen LogP contribution in [0.5, 0.6) is 0 Å². The molecule has 100 valence electrons. The Labute approximate surface area is 109 Å². The predicted molar refractivity (Wildman–Crippen MR) is 71.0 cm³/mol. The van der Waals surface area contributed by atoms with E-state index in [-0.39, 0.29) is 29.8 Å². The molecule has 1 aromatic carbocycles. The van der Waals surface area contributed by atoms with Gasteiger partial charge in [-0.3, -0.25) is 9.59 Å². The number of hydrogen-bond donors (Lipinski definition) is 3. The number of H-pyrrole nitrogens is 1. The molecular formula is C13H15N3O3. The van der Waals surface area contributed by atoms with E-state index in [9.17, 15) is 9.59 Å². The molecule has 19 heavy (non-hydrogen) atoms. The van der Waals surface area contributed by atoms with Crippen molar-refractivity contribution >= 4 is 16.7 Å². The van der Waals surface area contributed by atoms with Crippen molar-refractivity contribution in [1.82, 2.24) is 15.5 Å². The Bertz CT molecular complexity index is 651. The number of benzene rings is 1. The van der Waals surface area contributed by atoms with Gasteiger partial charge in [0.05, 0.1) is 5.39 Å². The Morgan fingerprint density at radius 3 is 2.79 bits per heavy atom. The van der Waals surface area contributed by atoms with E-state index in [2.05, 4.69) is 15.5 Å². The summed E-state index contributed by atoms with van der Waals surface area (Å²) < 4.78 is 0. The zero-order valence-electron chi connectivity index (χ0n) is 10.5. The van der Waals surface area contributed by atoms with Crippen LogP contribution in [0.3, 0.4) is 0 Å². The number of aromatic amines is 1. The quantitative estimate of drug-likeness (QED) is 0.743. The smallest absolute Gasteiger partial charge is 0.272 e. The summed E-state index contributed by atoms with van der Waals surface area (Å²) in [4.78, 5) is 23.7. The average Bonchev–Trinajstić information content (AvgIpc) is 2.39. The summed E-state index contributed by atoms with van der Waals surface area (Å²) in [6, 6.07) is 6.64. The van der Waals surface area contributed by atoms with Gasteiger partial charge in [0.25, 0.3) is 11.5 Å². The highest BCUT2D eigenvalue weighted by atomic mass is 16.3. The largest absolute Gasteiger partial charge is 0.396 e. The highest BCUT2D eigenvalue weighted by Gasteiger charge is 2.15. The maximum Gasteiger partial charge on any atom is 0.272 e. The molecule has 1 atom stereocenters. The molecule has 0 bridgehead atoms. The zero-order valence-corrected chi connectivity index (χ0v) is 10.5. The number of carbonyl (C=O) groups excluding carboxylic acids is 1. The second kappa shape index (κ2) is 5.62. The standard InChI is InChI=1S/C13H15N3O3/c1-8(6-7-17)14-13(19)11-9-4-2-3-5-10(9)12(18)16-15-11/h2-5,8,17H,6-7H2,1H3,(H,14,19)(H,16,18). The Morgan fingerprint density at radius 2 is 2.11 bits per heavy atom. The van der Waals surface area contributed by atoms with Crippen molar-refractivity contribution in [3.05, 3.63) is 40.3 Å². The zero-order chi connectivity index (χ0) is 13.8. The van der Waals surface area contributed by atoms with Crippen LogP contribution in [0.15, 0.2) is 29.1 Å². The summed E-state index contributed by atoms with van der Waals surface area (Å²) in [7, 11) is 0. The van der Waals surface area contributed by atoms with Crippen LogP contribution in [0.1, 0.15) is 23.8 Å². The van der Waals surface area contributed by atoms with Crippen molar-refractivity contribution in [2.24, 2.45) is 0 Å². The molecule has 1 amide bonds. The first kappa shape index (κ1) is 13.2. The van der Waals surface area contributed by atoms with Gasteiger partial charge < -0.3 is 10.4 Å². The van der Waals surface area contributed by atoms with E-state index in [0.717, 1.165) is 0 Å². The number of rotatable bonds is 4. The lowest BCUT2D eigenvalue weighted by Crippen LogP contribution is -2.34. The van der Waals surface area contributed by atoms with E-state index >= 15 is 0 Å². The van der Waals surface area contributed by atoms with E-state index in [1.54, 1.807) is 31.2 Å². The normalized spacial score (nSPS) is 12.3. The van der Waals surface area contributed by atoms with Gasteiger partial charge in [0.1, 0.15) is 0 Å². The van der Waals surface area contributed by atoms with Crippen LogP contribution in [0, 0.1) is 0 Å². The van der Waals surface area contributed by atoms with Crippen molar-refractivity contribution in [3.8, 4) is 0 Å². The van der Waals surface area contributed by atoms with Crippen molar-refractivity contribution < 1.29 is 9.90 Å². The highest BCUT2D eigenvalue weighted by molar-refractivity contribution is 6.04. The van der Waals surface area contributed by atoms with Crippen molar-refractivity contribution in [2.45, 2.75) is 19.4 Å². The average molecular weight is 261 g/mol. The third-order valence-corrected chi connectivity index (χ3v) is 2.85. The Hall–Kier alpha value is -2.21. The molecular weight excluding hydrogens is 246 g/mol. The summed E-state index contributed by atoms with van der Waals surface area (Å²) in [5.41, 5.74) is -0.143.